The van der Waals surface area contributed by atoms with Gasteiger partial charge in [-0.1, -0.05) is 0 Å². The Morgan fingerprint density at radius 2 is 2.03 bits per heavy atom. The van der Waals surface area contributed by atoms with Crippen molar-refractivity contribution in [3.8, 4) is 11.3 Å². The van der Waals surface area contributed by atoms with Crippen LogP contribution in [0.4, 0.5) is 21.5 Å². The molecule has 9 nitrogen and oxygen atoms in total. The van der Waals surface area contributed by atoms with Gasteiger partial charge in [0.05, 0.1) is 29.0 Å². The maximum atomic E-state index is 14.6. The first-order valence-electron chi connectivity index (χ1n) is 11.5. The predicted octanol–water partition coefficient (Wildman–Crippen LogP) is 2.79. The van der Waals surface area contributed by atoms with E-state index in [0.29, 0.717) is 18.8 Å². The van der Waals surface area contributed by atoms with Gasteiger partial charge in [0.1, 0.15) is 5.82 Å². The fraction of sp³-hybridized carbons (Fsp3) is 0.280. The first-order chi connectivity index (χ1) is 16.9. The average molecular weight is 478 g/mol. The summed E-state index contributed by atoms with van der Waals surface area (Å²) in [7, 11) is 0. The van der Waals surface area contributed by atoms with Crippen LogP contribution in [0.2, 0.25) is 0 Å². The number of pyridine rings is 2. The summed E-state index contributed by atoms with van der Waals surface area (Å²) in [6.45, 7) is 3.72. The Labute approximate surface area is 202 Å². The zero-order valence-corrected chi connectivity index (χ0v) is 19.4. The Balaban J connectivity index is 1.63. The van der Waals surface area contributed by atoms with E-state index in [9.17, 15) is 14.0 Å². The molecular weight excluding hydrogens is 449 g/mol. The Kier molecular flexibility index (Phi) is 7.21. The number of amides is 2. The molecule has 0 unspecified atom stereocenters. The minimum atomic E-state index is -0.572. The SMILES string of the molecule is CCNC(=O)c1ccc(F)c(-c2ccc(N)c(C(=O)Nc3cnccc3N3CCC[C@H](N)C3)n2)c1. The second kappa shape index (κ2) is 10.5. The molecule has 1 fully saturated rings. The van der Waals surface area contributed by atoms with Crippen molar-refractivity contribution >= 4 is 28.9 Å². The lowest BCUT2D eigenvalue weighted by Gasteiger charge is -2.33. The highest BCUT2D eigenvalue weighted by atomic mass is 19.1. The van der Waals surface area contributed by atoms with Crippen LogP contribution in [-0.2, 0) is 0 Å². The number of anilines is 3. The van der Waals surface area contributed by atoms with Gasteiger partial charge in [-0.25, -0.2) is 9.37 Å². The lowest BCUT2D eigenvalue weighted by atomic mass is 10.1. The number of carbonyl (C=O) groups excluding carboxylic acids is 2. The molecule has 1 saturated heterocycles. The van der Waals surface area contributed by atoms with Crippen LogP contribution < -0.4 is 27.0 Å². The van der Waals surface area contributed by atoms with Crippen molar-refractivity contribution in [2.45, 2.75) is 25.8 Å². The van der Waals surface area contributed by atoms with Gasteiger partial charge < -0.3 is 27.0 Å². The van der Waals surface area contributed by atoms with Gasteiger partial charge in [-0.3, -0.25) is 14.6 Å². The van der Waals surface area contributed by atoms with Crippen molar-refractivity contribution < 1.29 is 14.0 Å². The van der Waals surface area contributed by atoms with Gasteiger partial charge in [0.15, 0.2) is 5.69 Å². The Morgan fingerprint density at radius 1 is 1.20 bits per heavy atom. The fourth-order valence-corrected chi connectivity index (χ4v) is 4.10. The topological polar surface area (TPSA) is 139 Å². The monoisotopic (exact) mass is 477 g/mol. The Hall–Kier alpha value is -4.05. The molecule has 0 saturated carbocycles. The van der Waals surface area contributed by atoms with Crippen molar-refractivity contribution in [2.24, 2.45) is 5.73 Å². The molecule has 0 aliphatic carbocycles. The van der Waals surface area contributed by atoms with Crippen LogP contribution >= 0.6 is 0 Å². The molecule has 1 atom stereocenters. The zero-order valence-electron chi connectivity index (χ0n) is 19.4. The summed E-state index contributed by atoms with van der Waals surface area (Å²) >= 11 is 0. The molecule has 2 aromatic heterocycles. The molecule has 2 amide bonds. The number of benzene rings is 1. The molecule has 182 valence electrons. The van der Waals surface area contributed by atoms with Crippen LogP contribution in [0.1, 0.15) is 40.6 Å². The van der Waals surface area contributed by atoms with Crippen LogP contribution in [0.15, 0.2) is 48.8 Å². The average Bonchev–Trinajstić information content (AvgIpc) is 2.85. The quantitative estimate of drug-likeness (QED) is 0.428. The lowest BCUT2D eigenvalue weighted by molar-refractivity contribution is 0.0954. The normalized spacial score (nSPS) is 15.5. The van der Waals surface area contributed by atoms with E-state index in [2.05, 4.69) is 25.5 Å². The molecule has 6 N–H and O–H groups in total. The van der Waals surface area contributed by atoms with E-state index in [1.807, 2.05) is 6.07 Å². The van der Waals surface area contributed by atoms with E-state index in [0.717, 1.165) is 25.1 Å². The summed E-state index contributed by atoms with van der Waals surface area (Å²) in [5, 5.41) is 5.51. The molecular formula is C25H28FN7O2. The molecule has 1 aliphatic rings. The molecule has 0 spiro atoms. The predicted molar refractivity (Wildman–Crippen MR) is 134 cm³/mol. The standard InChI is InChI=1S/C25H28FN7O2/c1-2-30-24(34)15-5-6-18(26)17(12-15)20-8-7-19(28)23(31-20)25(35)32-21-13-29-10-9-22(21)33-11-3-4-16(27)14-33/h5-10,12-13,16H,2-4,11,14,27-28H2,1H3,(H,30,34)(H,32,35)/t16-/m0/s1. The Morgan fingerprint density at radius 3 is 2.80 bits per heavy atom. The number of nitrogens with one attached hydrogen (secondary N) is 2. The fourth-order valence-electron chi connectivity index (χ4n) is 4.10. The highest BCUT2D eigenvalue weighted by Crippen LogP contribution is 2.29. The van der Waals surface area contributed by atoms with Crippen LogP contribution in [0.5, 0.6) is 0 Å². The van der Waals surface area contributed by atoms with Crippen molar-refractivity contribution in [3.05, 3.63) is 65.9 Å². The van der Waals surface area contributed by atoms with E-state index < -0.39 is 11.7 Å². The third-order valence-corrected chi connectivity index (χ3v) is 5.83. The minimum Gasteiger partial charge on any atom is -0.397 e. The van der Waals surface area contributed by atoms with Gasteiger partial charge in [-0.2, -0.15) is 0 Å². The van der Waals surface area contributed by atoms with Gasteiger partial charge >= 0.3 is 0 Å². The third kappa shape index (κ3) is 5.38. The summed E-state index contributed by atoms with van der Waals surface area (Å²) in [6.07, 6.45) is 5.12. The molecule has 35 heavy (non-hydrogen) atoms. The van der Waals surface area contributed by atoms with Crippen molar-refractivity contribution in [3.63, 3.8) is 0 Å². The van der Waals surface area contributed by atoms with Crippen LogP contribution in [0, 0.1) is 5.82 Å². The van der Waals surface area contributed by atoms with Gasteiger partial charge in [0.2, 0.25) is 0 Å². The number of rotatable bonds is 6. The zero-order chi connectivity index (χ0) is 24.9. The number of nitrogens with two attached hydrogens (primary N) is 2. The summed E-state index contributed by atoms with van der Waals surface area (Å²) in [5.74, 6) is -1.46. The number of aromatic nitrogens is 2. The smallest absolute Gasteiger partial charge is 0.276 e. The number of hydrogen-bond acceptors (Lipinski definition) is 7. The van der Waals surface area contributed by atoms with Crippen molar-refractivity contribution in [2.75, 3.05) is 35.6 Å². The molecule has 1 aliphatic heterocycles. The summed E-state index contributed by atoms with van der Waals surface area (Å²) in [4.78, 5) is 36.0. The van der Waals surface area contributed by atoms with Crippen LogP contribution in [0.25, 0.3) is 11.3 Å². The maximum absolute atomic E-state index is 14.6. The molecule has 3 aromatic rings. The van der Waals surface area contributed by atoms with E-state index in [1.54, 1.807) is 19.3 Å². The van der Waals surface area contributed by atoms with Crippen molar-refractivity contribution in [1.29, 1.82) is 0 Å². The number of nitrogen functional groups attached to an aromatic ring is 1. The molecule has 1 aromatic carbocycles. The van der Waals surface area contributed by atoms with E-state index in [1.165, 1.54) is 30.3 Å². The van der Waals surface area contributed by atoms with Gasteiger partial charge in [0.25, 0.3) is 11.8 Å². The van der Waals surface area contributed by atoms with Crippen molar-refractivity contribution in [1.82, 2.24) is 15.3 Å². The number of carbonyl (C=O) groups is 2. The molecule has 4 rings (SSSR count). The second-order valence-corrected chi connectivity index (χ2v) is 8.38. The van der Waals surface area contributed by atoms with Gasteiger partial charge in [-0.05, 0) is 56.2 Å². The second-order valence-electron chi connectivity index (χ2n) is 8.38. The molecule has 3 heterocycles. The summed E-state index contributed by atoms with van der Waals surface area (Å²) in [6, 6.07) is 8.87. The van der Waals surface area contributed by atoms with Crippen LogP contribution in [-0.4, -0.2) is 47.5 Å². The first-order valence-corrected chi connectivity index (χ1v) is 11.5. The molecule has 0 radical (unpaired) electrons. The number of hydrogen-bond donors (Lipinski definition) is 4. The highest BCUT2D eigenvalue weighted by Gasteiger charge is 2.22. The summed E-state index contributed by atoms with van der Waals surface area (Å²) < 4.78 is 14.6. The maximum Gasteiger partial charge on any atom is 0.276 e. The van der Waals surface area contributed by atoms with E-state index in [4.69, 9.17) is 11.5 Å². The Bertz CT molecular complexity index is 1250. The number of piperidine rings is 1. The number of halogens is 1. The van der Waals surface area contributed by atoms with Gasteiger partial charge in [0, 0.05) is 43.0 Å². The minimum absolute atomic E-state index is 0.0551. The molecule has 10 heteroatoms. The number of nitrogens with zero attached hydrogens (tertiary/aromatic N) is 3. The van der Waals surface area contributed by atoms with Crippen LogP contribution in [0.3, 0.4) is 0 Å². The third-order valence-electron chi connectivity index (χ3n) is 5.83. The molecule has 0 bridgehead atoms. The lowest BCUT2D eigenvalue weighted by Crippen LogP contribution is -2.43. The highest BCUT2D eigenvalue weighted by molar-refractivity contribution is 6.08. The van der Waals surface area contributed by atoms with Gasteiger partial charge in [-0.15, -0.1) is 0 Å². The van der Waals surface area contributed by atoms with E-state index in [-0.39, 0.29) is 40.2 Å². The summed E-state index contributed by atoms with van der Waals surface area (Å²) in [5.41, 5.74) is 14.1. The van der Waals surface area contributed by atoms with E-state index >= 15 is 0 Å². The largest absolute Gasteiger partial charge is 0.397 e. The first kappa shape index (κ1) is 24.1.